The van der Waals surface area contributed by atoms with Crippen molar-refractivity contribution >= 4 is 23.9 Å². The lowest BCUT2D eigenvalue weighted by molar-refractivity contribution is -0.385. The Morgan fingerprint density at radius 2 is 1.93 bits per heavy atom. The lowest BCUT2D eigenvalue weighted by Crippen LogP contribution is -2.19. The average Bonchev–Trinajstić information content (AvgIpc) is 2.67. The molecule has 0 aliphatic heterocycles. The molecule has 0 aliphatic carbocycles. The molecule has 8 heteroatoms. The number of methoxy groups -OCH3 is 2. The van der Waals surface area contributed by atoms with Crippen molar-refractivity contribution in [3.8, 4) is 11.5 Å². The molecule has 0 bridgehead atoms. The van der Waals surface area contributed by atoms with E-state index in [1.54, 1.807) is 42.5 Å². The third kappa shape index (κ3) is 5.67. The molecule has 0 heterocycles. The van der Waals surface area contributed by atoms with Crippen LogP contribution in [0.4, 0.5) is 5.69 Å². The predicted octanol–water partition coefficient (Wildman–Crippen LogP) is 2.97. The van der Waals surface area contributed by atoms with Crippen LogP contribution in [0.5, 0.6) is 11.5 Å². The third-order valence-corrected chi connectivity index (χ3v) is 3.57. The molecule has 2 aromatic carbocycles. The smallest absolute Gasteiger partial charge is 0.276 e. The Labute approximate surface area is 156 Å². The van der Waals surface area contributed by atoms with Crippen molar-refractivity contribution in [3.05, 3.63) is 69.8 Å². The van der Waals surface area contributed by atoms with E-state index >= 15 is 0 Å². The first kappa shape index (κ1) is 19.6. The van der Waals surface area contributed by atoms with Gasteiger partial charge >= 0.3 is 0 Å². The van der Waals surface area contributed by atoms with Crippen LogP contribution in [0, 0.1) is 10.1 Å². The molecule has 1 N–H and O–H groups in total. The number of hydrazone groups is 1. The standard InChI is InChI=1S/C19H19N3O5/c1-26-17-10-9-14(12-18(17)27-2)13-19(23)21-20-11-5-7-15-6-3-4-8-16(15)22(24)25/h3-12H,13H2,1-2H3,(H,21,23). The maximum atomic E-state index is 11.9. The molecule has 27 heavy (non-hydrogen) atoms. The zero-order valence-corrected chi connectivity index (χ0v) is 14.9. The molecule has 0 saturated carbocycles. The number of ether oxygens (including phenoxy) is 2. The summed E-state index contributed by atoms with van der Waals surface area (Å²) in [5.74, 6) is 0.816. The molecule has 1 amide bonds. The second-order valence-electron chi connectivity index (χ2n) is 5.35. The van der Waals surface area contributed by atoms with Gasteiger partial charge in [-0.25, -0.2) is 5.43 Å². The van der Waals surface area contributed by atoms with E-state index in [0.717, 1.165) is 5.56 Å². The fourth-order valence-electron chi connectivity index (χ4n) is 2.31. The number of nitro benzene ring substituents is 1. The summed E-state index contributed by atoms with van der Waals surface area (Å²) in [6, 6.07) is 11.5. The van der Waals surface area contributed by atoms with E-state index in [1.807, 2.05) is 0 Å². The van der Waals surface area contributed by atoms with Crippen LogP contribution in [0.25, 0.3) is 6.08 Å². The number of amides is 1. The Morgan fingerprint density at radius 3 is 2.63 bits per heavy atom. The number of hydrogen-bond acceptors (Lipinski definition) is 6. The van der Waals surface area contributed by atoms with Crippen LogP contribution in [0.1, 0.15) is 11.1 Å². The maximum absolute atomic E-state index is 11.9. The number of carbonyl (C=O) groups is 1. The van der Waals surface area contributed by atoms with Crippen LogP contribution in [0.3, 0.4) is 0 Å². The van der Waals surface area contributed by atoms with Gasteiger partial charge in [-0.2, -0.15) is 5.10 Å². The molecular weight excluding hydrogens is 350 g/mol. The summed E-state index contributed by atoms with van der Waals surface area (Å²) in [6.45, 7) is 0. The Balaban J connectivity index is 1.91. The van der Waals surface area contributed by atoms with Gasteiger partial charge in [0, 0.05) is 12.3 Å². The molecule has 2 aromatic rings. The van der Waals surface area contributed by atoms with E-state index in [9.17, 15) is 14.9 Å². The van der Waals surface area contributed by atoms with Crippen LogP contribution in [0.15, 0.2) is 53.6 Å². The summed E-state index contributed by atoms with van der Waals surface area (Å²) in [6.07, 6.45) is 4.52. The van der Waals surface area contributed by atoms with Gasteiger partial charge in [0.2, 0.25) is 5.91 Å². The topological polar surface area (TPSA) is 103 Å². The molecule has 8 nitrogen and oxygen atoms in total. The van der Waals surface area contributed by atoms with Crippen LogP contribution >= 0.6 is 0 Å². The van der Waals surface area contributed by atoms with Gasteiger partial charge in [0.25, 0.3) is 5.69 Å². The van der Waals surface area contributed by atoms with Crippen molar-refractivity contribution in [3.63, 3.8) is 0 Å². The molecule has 140 valence electrons. The molecule has 0 radical (unpaired) electrons. The fraction of sp³-hybridized carbons (Fsp3) is 0.158. The summed E-state index contributed by atoms with van der Waals surface area (Å²) in [4.78, 5) is 22.4. The van der Waals surface area contributed by atoms with Gasteiger partial charge < -0.3 is 9.47 Å². The van der Waals surface area contributed by atoms with Crippen molar-refractivity contribution < 1.29 is 19.2 Å². The van der Waals surface area contributed by atoms with Gasteiger partial charge in [-0.05, 0) is 35.9 Å². The number of carbonyl (C=O) groups excluding carboxylic acids is 1. The van der Waals surface area contributed by atoms with E-state index in [0.29, 0.717) is 17.1 Å². The van der Waals surface area contributed by atoms with Crippen molar-refractivity contribution in [2.45, 2.75) is 6.42 Å². The maximum Gasteiger partial charge on any atom is 0.276 e. The number of para-hydroxylation sites is 1. The number of nitrogens with one attached hydrogen (secondary N) is 1. The van der Waals surface area contributed by atoms with Crippen LogP contribution in [-0.2, 0) is 11.2 Å². The predicted molar refractivity (Wildman–Crippen MR) is 102 cm³/mol. The highest BCUT2D eigenvalue weighted by atomic mass is 16.6. The van der Waals surface area contributed by atoms with Crippen molar-refractivity contribution in [1.29, 1.82) is 0 Å². The SMILES string of the molecule is COc1ccc(CC(=O)NN=CC=Cc2ccccc2[N+](=O)[O-])cc1OC. The minimum absolute atomic E-state index is 0.000335. The largest absolute Gasteiger partial charge is 0.493 e. The molecule has 0 aliphatic rings. The second kappa shape index (κ2) is 9.71. The molecule has 0 saturated heterocycles. The average molecular weight is 369 g/mol. The number of nitrogens with zero attached hydrogens (tertiary/aromatic N) is 2. The summed E-state index contributed by atoms with van der Waals surface area (Å²) in [5, 5.41) is 14.7. The molecular formula is C19H19N3O5. The van der Waals surface area contributed by atoms with E-state index in [4.69, 9.17) is 9.47 Å². The normalized spacial score (nSPS) is 10.9. The zero-order chi connectivity index (χ0) is 19.6. The van der Waals surface area contributed by atoms with E-state index in [1.165, 1.54) is 32.6 Å². The summed E-state index contributed by atoms with van der Waals surface area (Å²) >= 11 is 0. The summed E-state index contributed by atoms with van der Waals surface area (Å²) in [7, 11) is 3.06. The van der Waals surface area contributed by atoms with Gasteiger partial charge in [-0.3, -0.25) is 14.9 Å². The van der Waals surface area contributed by atoms with E-state index in [-0.39, 0.29) is 18.0 Å². The fourth-order valence-corrected chi connectivity index (χ4v) is 2.31. The summed E-state index contributed by atoms with van der Waals surface area (Å²) < 4.78 is 10.3. The number of rotatable bonds is 8. The number of allylic oxidation sites excluding steroid dienone is 1. The summed E-state index contributed by atoms with van der Waals surface area (Å²) in [5.41, 5.74) is 3.59. The van der Waals surface area contributed by atoms with Crippen LogP contribution in [-0.4, -0.2) is 31.3 Å². The Bertz CT molecular complexity index is 877. The van der Waals surface area contributed by atoms with Gasteiger partial charge in [-0.15, -0.1) is 0 Å². The molecule has 0 spiro atoms. The van der Waals surface area contributed by atoms with E-state index in [2.05, 4.69) is 10.5 Å². The highest BCUT2D eigenvalue weighted by molar-refractivity contribution is 5.83. The van der Waals surface area contributed by atoms with Gasteiger partial charge in [-0.1, -0.05) is 18.2 Å². The minimum atomic E-state index is -0.457. The number of nitro groups is 1. The molecule has 0 fully saturated rings. The molecule has 2 rings (SSSR count). The highest BCUT2D eigenvalue weighted by Gasteiger charge is 2.09. The Hall–Kier alpha value is -3.68. The Morgan fingerprint density at radius 1 is 1.19 bits per heavy atom. The third-order valence-electron chi connectivity index (χ3n) is 3.57. The van der Waals surface area contributed by atoms with E-state index < -0.39 is 4.92 Å². The van der Waals surface area contributed by atoms with Crippen molar-refractivity contribution in [2.24, 2.45) is 5.10 Å². The molecule has 0 aromatic heterocycles. The monoisotopic (exact) mass is 369 g/mol. The van der Waals surface area contributed by atoms with Crippen molar-refractivity contribution in [1.82, 2.24) is 5.43 Å². The Kier molecular flexibility index (Phi) is 7.07. The lowest BCUT2D eigenvalue weighted by atomic mass is 10.1. The second-order valence-corrected chi connectivity index (χ2v) is 5.35. The first-order chi connectivity index (χ1) is 13.0. The lowest BCUT2D eigenvalue weighted by Gasteiger charge is -2.08. The quantitative estimate of drug-likeness (QED) is 0.438. The number of hydrogen-bond donors (Lipinski definition) is 1. The van der Waals surface area contributed by atoms with Gasteiger partial charge in [0.05, 0.1) is 31.1 Å². The first-order valence-electron chi connectivity index (χ1n) is 7.98. The number of benzene rings is 2. The van der Waals surface area contributed by atoms with Crippen LogP contribution < -0.4 is 14.9 Å². The first-order valence-corrected chi connectivity index (χ1v) is 7.98. The van der Waals surface area contributed by atoms with Gasteiger partial charge in [0.15, 0.2) is 11.5 Å². The minimum Gasteiger partial charge on any atom is -0.493 e. The zero-order valence-electron chi connectivity index (χ0n) is 14.9. The molecule has 0 atom stereocenters. The molecule has 0 unspecified atom stereocenters. The van der Waals surface area contributed by atoms with Crippen molar-refractivity contribution in [2.75, 3.05) is 14.2 Å². The highest BCUT2D eigenvalue weighted by Crippen LogP contribution is 2.27. The van der Waals surface area contributed by atoms with Crippen LogP contribution in [0.2, 0.25) is 0 Å². The van der Waals surface area contributed by atoms with Gasteiger partial charge in [0.1, 0.15) is 0 Å².